The lowest BCUT2D eigenvalue weighted by molar-refractivity contribution is 0.808. The van der Waals surface area contributed by atoms with Gasteiger partial charge in [-0.1, -0.05) is 11.6 Å². The summed E-state index contributed by atoms with van der Waals surface area (Å²) in [4.78, 5) is 9.59. The van der Waals surface area contributed by atoms with Crippen molar-refractivity contribution in [3.05, 3.63) is 58.9 Å². The standard InChI is InChI=1S/C18H23ClN4S/c1-14-13-21-9-7-15(14)8-10-22-18(20-2)23-11-12-24-17-5-3-16(19)4-6-17/h3-7,9,13H,8,10-12H2,1-2H3,(H2,20,22,23). The Kier molecular flexibility index (Phi) is 7.92. The topological polar surface area (TPSA) is 49.3 Å². The van der Waals surface area contributed by atoms with E-state index >= 15 is 0 Å². The summed E-state index contributed by atoms with van der Waals surface area (Å²) in [5.74, 6) is 1.80. The summed E-state index contributed by atoms with van der Waals surface area (Å²) in [6.07, 6.45) is 4.69. The fourth-order valence-electron chi connectivity index (χ4n) is 2.19. The van der Waals surface area contributed by atoms with Crippen LogP contribution in [0, 0.1) is 6.92 Å². The Morgan fingerprint density at radius 1 is 1.17 bits per heavy atom. The first-order chi connectivity index (χ1) is 11.7. The monoisotopic (exact) mass is 362 g/mol. The summed E-state index contributed by atoms with van der Waals surface area (Å²) in [5.41, 5.74) is 2.54. The van der Waals surface area contributed by atoms with Crippen LogP contribution in [-0.2, 0) is 6.42 Å². The molecular formula is C18H23ClN4S. The van der Waals surface area contributed by atoms with Gasteiger partial charge in [0.15, 0.2) is 5.96 Å². The molecule has 0 radical (unpaired) electrons. The highest BCUT2D eigenvalue weighted by Crippen LogP contribution is 2.19. The van der Waals surface area contributed by atoms with Crippen LogP contribution in [-0.4, -0.2) is 36.8 Å². The van der Waals surface area contributed by atoms with E-state index in [0.29, 0.717) is 0 Å². The van der Waals surface area contributed by atoms with Crippen LogP contribution in [0.4, 0.5) is 0 Å². The maximum Gasteiger partial charge on any atom is 0.191 e. The van der Waals surface area contributed by atoms with Crippen LogP contribution >= 0.6 is 23.4 Å². The third-order valence-electron chi connectivity index (χ3n) is 3.52. The zero-order chi connectivity index (χ0) is 17.2. The minimum absolute atomic E-state index is 0.770. The van der Waals surface area contributed by atoms with Gasteiger partial charge in [0.2, 0.25) is 0 Å². The maximum atomic E-state index is 5.89. The van der Waals surface area contributed by atoms with Crippen LogP contribution in [0.25, 0.3) is 0 Å². The highest BCUT2D eigenvalue weighted by molar-refractivity contribution is 7.99. The normalized spacial score (nSPS) is 11.4. The smallest absolute Gasteiger partial charge is 0.191 e. The average molecular weight is 363 g/mol. The van der Waals surface area contributed by atoms with Crippen molar-refractivity contribution in [2.24, 2.45) is 4.99 Å². The molecule has 0 atom stereocenters. The van der Waals surface area contributed by atoms with Gasteiger partial charge in [0.05, 0.1) is 0 Å². The van der Waals surface area contributed by atoms with E-state index < -0.39 is 0 Å². The molecule has 0 amide bonds. The lowest BCUT2D eigenvalue weighted by atomic mass is 10.1. The third-order valence-corrected chi connectivity index (χ3v) is 4.79. The van der Waals surface area contributed by atoms with Gasteiger partial charge in [-0.2, -0.15) is 0 Å². The SMILES string of the molecule is CN=C(NCCSc1ccc(Cl)cc1)NCCc1ccncc1C. The zero-order valence-corrected chi connectivity index (χ0v) is 15.6. The molecule has 0 unspecified atom stereocenters. The summed E-state index contributed by atoms with van der Waals surface area (Å²) in [5, 5.41) is 7.44. The van der Waals surface area contributed by atoms with Crippen molar-refractivity contribution >= 4 is 29.3 Å². The second-order valence-electron chi connectivity index (χ2n) is 5.28. The molecule has 0 aliphatic carbocycles. The van der Waals surface area contributed by atoms with Crippen molar-refractivity contribution in [1.29, 1.82) is 0 Å². The van der Waals surface area contributed by atoms with Gasteiger partial charge in [0.25, 0.3) is 0 Å². The molecule has 0 bridgehead atoms. The van der Waals surface area contributed by atoms with E-state index in [1.165, 1.54) is 16.0 Å². The van der Waals surface area contributed by atoms with Gasteiger partial charge >= 0.3 is 0 Å². The van der Waals surface area contributed by atoms with Crippen LogP contribution in [0.2, 0.25) is 5.02 Å². The number of hydrogen-bond acceptors (Lipinski definition) is 3. The van der Waals surface area contributed by atoms with Crippen LogP contribution < -0.4 is 10.6 Å². The Labute approximate surface area is 153 Å². The van der Waals surface area contributed by atoms with E-state index in [9.17, 15) is 0 Å². The quantitative estimate of drug-likeness (QED) is 0.342. The van der Waals surface area contributed by atoms with E-state index in [0.717, 1.165) is 36.2 Å². The molecule has 1 aromatic heterocycles. The van der Waals surface area contributed by atoms with Crippen LogP contribution in [0.1, 0.15) is 11.1 Å². The summed E-state index contributed by atoms with van der Waals surface area (Å²) in [6, 6.07) is 9.97. The highest BCUT2D eigenvalue weighted by atomic mass is 35.5. The largest absolute Gasteiger partial charge is 0.356 e. The second-order valence-corrected chi connectivity index (χ2v) is 6.89. The molecule has 4 nitrogen and oxygen atoms in total. The fourth-order valence-corrected chi connectivity index (χ4v) is 3.08. The number of aromatic nitrogens is 1. The van der Waals surface area contributed by atoms with Crippen LogP contribution in [0.5, 0.6) is 0 Å². The van der Waals surface area contributed by atoms with Crippen molar-refractivity contribution < 1.29 is 0 Å². The van der Waals surface area contributed by atoms with Gasteiger partial charge in [0.1, 0.15) is 0 Å². The Balaban J connectivity index is 1.65. The zero-order valence-electron chi connectivity index (χ0n) is 14.1. The average Bonchev–Trinajstić information content (AvgIpc) is 2.60. The van der Waals surface area contributed by atoms with Gasteiger partial charge in [-0.15, -0.1) is 11.8 Å². The molecule has 0 saturated carbocycles. The van der Waals surface area contributed by atoms with E-state index in [2.05, 4.69) is 33.6 Å². The van der Waals surface area contributed by atoms with Gasteiger partial charge in [-0.3, -0.25) is 9.98 Å². The van der Waals surface area contributed by atoms with Gasteiger partial charge < -0.3 is 10.6 Å². The maximum absolute atomic E-state index is 5.89. The Hall–Kier alpha value is -1.72. The molecule has 24 heavy (non-hydrogen) atoms. The molecule has 2 rings (SSSR count). The summed E-state index contributed by atoms with van der Waals surface area (Å²) in [7, 11) is 1.79. The number of nitrogens with one attached hydrogen (secondary N) is 2. The molecular weight excluding hydrogens is 340 g/mol. The predicted octanol–water partition coefficient (Wildman–Crippen LogP) is 3.54. The van der Waals surface area contributed by atoms with E-state index in [4.69, 9.17) is 11.6 Å². The summed E-state index contributed by atoms with van der Waals surface area (Å²) < 4.78 is 0. The van der Waals surface area contributed by atoms with Crippen molar-refractivity contribution in [3.63, 3.8) is 0 Å². The van der Waals surface area contributed by atoms with Crippen molar-refractivity contribution in [3.8, 4) is 0 Å². The number of halogens is 1. The molecule has 1 heterocycles. The minimum Gasteiger partial charge on any atom is -0.356 e. The van der Waals surface area contributed by atoms with Crippen LogP contribution in [0.15, 0.2) is 52.6 Å². The number of aryl methyl sites for hydroxylation is 1. The lowest BCUT2D eigenvalue weighted by Gasteiger charge is -2.12. The Bertz CT molecular complexity index is 658. The number of pyridine rings is 1. The Morgan fingerprint density at radius 2 is 1.92 bits per heavy atom. The lowest BCUT2D eigenvalue weighted by Crippen LogP contribution is -2.39. The number of thioether (sulfide) groups is 1. The van der Waals surface area contributed by atoms with Gasteiger partial charge in [-0.25, -0.2) is 0 Å². The molecule has 0 saturated heterocycles. The Morgan fingerprint density at radius 3 is 2.62 bits per heavy atom. The molecule has 0 aliphatic rings. The number of nitrogens with zero attached hydrogens (tertiary/aromatic N) is 2. The highest BCUT2D eigenvalue weighted by Gasteiger charge is 2.00. The molecule has 128 valence electrons. The molecule has 0 aliphatic heterocycles. The fraction of sp³-hybridized carbons (Fsp3) is 0.333. The summed E-state index contributed by atoms with van der Waals surface area (Å²) >= 11 is 7.68. The molecule has 0 fully saturated rings. The summed E-state index contributed by atoms with van der Waals surface area (Å²) in [6.45, 7) is 3.78. The van der Waals surface area contributed by atoms with E-state index in [-0.39, 0.29) is 0 Å². The van der Waals surface area contributed by atoms with E-state index in [1.807, 2.05) is 36.7 Å². The molecule has 2 aromatic rings. The third kappa shape index (κ3) is 6.42. The van der Waals surface area contributed by atoms with Crippen LogP contribution in [0.3, 0.4) is 0 Å². The van der Waals surface area contributed by atoms with E-state index in [1.54, 1.807) is 18.8 Å². The first-order valence-corrected chi connectivity index (χ1v) is 9.28. The number of benzene rings is 1. The second kappa shape index (κ2) is 10.2. The number of hydrogen-bond donors (Lipinski definition) is 2. The molecule has 0 spiro atoms. The minimum atomic E-state index is 0.770. The molecule has 1 aromatic carbocycles. The molecule has 2 N–H and O–H groups in total. The van der Waals surface area contributed by atoms with Crippen molar-refractivity contribution in [1.82, 2.24) is 15.6 Å². The van der Waals surface area contributed by atoms with Gasteiger partial charge in [-0.05, 0) is 54.8 Å². The first kappa shape index (κ1) is 18.6. The molecule has 6 heteroatoms. The first-order valence-electron chi connectivity index (χ1n) is 7.91. The van der Waals surface area contributed by atoms with Gasteiger partial charge in [0, 0.05) is 48.2 Å². The van der Waals surface area contributed by atoms with Crippen molar-refractivity contribution in [2.75, 3.05) is 25.9 Å². The number of aliphatic imine (C=N–C) groups is 1. The van der Waals surface area contributed by atoms with Crippen molar-refractivity contribution in [2.45, 2.75) is 18.2 Å². The number of rotatable bonds is 7. The predicted molar refractivity (Wildman–Crippen MR) is 104 cm³/mol. The number of guanidine groups is 1.